The molecule has 1 aliphatic rings. The Labute approximate surface area is 104 Å². The van der Waals surface area contributed by atoms with Crippen molar-refractivity contribution in [1.82, 2.24) is 16.0 Å². The summed E-state index contributed by atoms with van der Waals surface area (Å²) in [6.07, 6.45) is 5.28. The fraction of sp³-hybridized carbons (Fsp3) is 1.00. The molecular formula is C12H29N3Si. The van der Waals surface area contributed by atoms with E-state index in [0.29, 0.717) is 5.16 Å². The first-order valence-electron chi connectivity index (χ1n) is 6.89. The minimum atomic E-state index is 0.136. The lowest BCUT2D eigenvalue weighted by Crippen LogP contribution is -2.77. The van der Waals surface area contributed by atoms with Crippen molar-refractivity contribution in [2.24, 2.45) is 0 Å². The Kier molecular flexibility index (Phi) is 5.44. The van der Waals surface area contributed by atoms with E-state index in [9.17, 15) is 0 Å². The van der Waals surface area contributed by atoms with E-state index in [1.165, 1.54) is 35.9 Å². The van der Waals surface area contributed by atoms with E-state index >= 15 is 0 Å². The van der Waals surface area contributed by atoms with Crippen LogP contribution in [0.4, 0.5) is 0 Å². The van der Waals surface area contributed by atoms with Crippen LogP contribution in [0.25, 0.3) is 0 Å². The van der Waals surface area contributed by atoms with Gasteiger partial charge in [-0.25, -0.2) is 0 Å². The molecule has 0 spiro atoms. The molecule has 3 nitrogen and oxygen atoms in total. The Balaban J connectivity index is 2.88. The first-order valence-corrected chi connectivity index (χ1v) is 7.89. The topological polar surface area (TPSA) is 36.1 Å². The van der Waals surface area contributed by atoms with Crippen LogP contribution in [0.3, 0.4) is 0 Å². The third-order valence-corrected chi connectivity index (χ3v) is 5.65. The first kappa shape index (κ1) is 14.2. The van der Waals surface area contributed by atoms with Gasteiger partial charge in [-0.15, -0.1) is 0 Å². The van der Waals surface area contributed by atoms with Crippen molar-refractivity contribution >= 4 is 10.2 Å². The Morgan fingerprint density at radius 3 is 1.88 bits per heavy atom. The zero-order chi connectivity index (χ0) is 12.1. The summed E-state index contributed by atoms with van der Waals surface area (Å²) in [6, 6.07) is 0. The van der Waals surface area contributed by atoms with Crippen LogP contribution in [0.15, 0.2) is 0 Å². The van der Waals surface area contributed by atoms with Crippen LogP contribution in [0, 0.1) is 0 Å². The Morgan fingerprint density at radius 2 is 1.38 bits per heavy atom. The number of likely N-dealkylation sites (N-methyl/N-ethyl adjacent to an activating group) is 3. The van der Waals surface area contributed by atoms with Gasteiger partial charge in [-0.3, -0.25) is 10.6 Å². The van der Waals surface area contributed by atoms with Gasteiger partial charge in [-0.05, 0) is 32.5 Å². The zero-order valence-electron chi connectivity index (χ0n) is 11.4. The second kappa shape index (κ2) is 6.14. The van der Waals surface area contributed by atoms with Crippen molar-refractivity contribution < 1.29 is 0 Å². The highest BCUT2D eigenvalue weighted by Crippen LogP contribution is 2.33. The number of hydrogen-bond acceptors (Lipinski definition) is 3. The van der Waals surface area contributed by atoms with E-state index in [-0.39, 0.29) is 5.66 Å². The van der Waals surface area contributed by atoms with E-state index in [0.717, 1.165) is 19.6 Å². The van der Waals surface area contributed by atoms with Gasteiger partial charge < -0.3 is 5.32 Å². The van der Waals surface area contributed by atoms with Crippen LogP contribution in [0.1, 0.15) is 46.5 Å². The van der Waals surface area contributed by atoms with Crippen LogP contribution in [-0.2, 0) is 0 Å². The first-order chi connectivity index (χ1) is 7.64. The average molecular weight is 243 g/mol. The summed E-state index contributed by atoms with van der Waals surface area (Å²) < 4.78 is 0. The van der Waals surface area contributed by atoms with E-state index in [4.69, 9.17) is 0 Å². The second-order valence-electron chi connectivity index (χ2n) is 5.04. The summed E-state index contributed by atoms with van der Waals surface area (Å²) >= 11 is 0. The lowest BCUT2D eigenvalue weighted by atomic mass is 9.82. The normalized spacial score (nSPS) is 29.4. The number of rotatable bonds is 6. The molecule has 0 aliphatic heterocycles. The Morgan fingerprint density at radius 1 is 0.875 bits per heavy atom. The van der Waals surface area contributed by atoms with E-state index in [1.807, 2.05) is 0 Å². The molecule has 0 saturated heterocycles. The molecule has 1 rings (SSSR count). The molecule has 3 N–H and O–H groups in total. The van der Waals surface area contributed by atoms with Crippen molar-refractivity contribution in [1.29, 1.82) is 0 Å². The van der Waals surface area contributed by atoms with Gasteiger partial charge >= 0.3 is 0 Å². The summed E-state index contributed by atoms with van der Waals surface area (Å²) in [4.78, 5) is 0. The van der Waals surface area contributed by atoms with Crippen LogP contribution in [-0.4, -0.2) is 40.7 Å². The van der Waals surface area contributed by atoms with Crippen LogP contribution < -0.4 is 16.0 Å². The number of nitrogens with one attached hydrogen (secondary N) is 3. The van der Waals surface area contributed by atoms with Gasteiger partial charge in [0.25, 0.3) is 0 Å². The lowest BCUT2D eigenvalue weighted by Gasteiger charge is -2.53. The van der Waals surface area contributed by atoms with Gasteiger partial charge in [0.2, 0.25) is 0 Å². The molecule has 16 heavy (non-hydrogen) atoms. The van der Waals surface area contributed by atoms with Gasteiger partial charge in [0.05, 0.1) is 5.66 Å². The summed E-state index contributed by atoms with van der Waals surface area (Å²) in [5, 5.41) is 11.5. The maximum atomic E-state index is 3.76. The SMILES string of the molecule is CCNC1([SiH3])CCCCC1(NCC)NCC. The molecule has 96 valence electrons. The maximum Gasteiger partial charge on any atom is 0.0835 e. The fourth-order valence-corrected chi connectivity index (χ4v) is 4.53. The molecule has 1 atom stereocenters. The smallest absolute Gasteiger partial charge is 0.0835 e. The summed E-state index contributed by atoms with van der Waals surface area (Å²) in [5.74, 6) is 0. The summed E-state index contributed by atoms with van der Waals surface area (Å²) in [5.41, 5.74) is 0.136. The van der Waals surface area contributed by atoms with Crippen LogP contribution in [0.2, 0.25) is 0 Å². The van der Waals surface area contributed by atoms with E-state index in [1.54, 1.807) is 0 Å². The van der Waals surface area contributed by atoms with Crippen molar-refractivity contribution in [2.45, 2.75) is 57.3 Å². The molecule has 0 bridgehead atoms. The zero-order valence-corrected chi connectivity index (χ0v) is 13.4. The summed E-state index contributed by atoms with van der Waals surface area (Å²) in [6.45, 7) is 9.80. The van der Waals surface area contributed by atoms with Crippen molar-refractivity contribution in [2.75, 3.05) is 19.6 Å². The van der Waals surface area contributed by atoms with Crippen molar-refractivity contribution in [3.05, 3.63) is 0 Å². The van der Waals surface area contributed by atoms with Gasteiger partial charge in [0.1, 0.15) is 0 Å². The summed E-state index contributed by atoms with van der Waals surface area (Å²) in [7, 11) is 1.19. The molecule has 0 radical (unpaired) electrons. The van der Waals surface area contributed by atoms with Crippen LogP contribution >= 0.6 is 0 Å². The molecule has 1 saturated carbocycles. The number of hydrogen-bond donors (Lipinski definition) is 3. The third-order valence-electron chi connectivity index (χ3n) is 3.94. The molecule has 0 aromatic rings. The van der Waals surface area contributed by atoms with Gasteiger partial charge in [-0.2, -0.15) is 0 Å². The highest BCUT2D eigenvalue weighted by atomic mass is 28.1. The largest absolute Gasteiger partial charge is 0.312 e. The maximum absolute atomic E-state index is 3.76. The Bertz CT molecular complexity index is 195. The average Bonchev–Trinajstić information content (AvgIpc) is 2.24. The molecule has 1 unspecified atom stereocenters. The standard InChI is InChI=1S/C12H29N3Si/c1-4-13-11(14-5-2)9-7-8-10-12(11,16)15-6-3/h13-15H,4-10H2,1-3,16H3. The van der Waals surface area contributed by atoms with Gasteiger partial charge in [0, 0.05) is 15.4 Å². The molecule has 0 amide bonds. The highest BCUT2D eigenvalue weighted by molar-refractivity contribution is 6.16. The molecular weight excluding hydrogens is 214 g/mol. The van der Waals surface area contributed by atoms with Crippen molar-refractivity contribution in [3.63, 3.8) is 0 Å². The molecule has 1 fully saturated rings. The molecule has 0 aromatic heterocycles. The predicted octanol–water partition coefficient (Wildman–Crippen LogP) is 0.147. The minimum Gasteiger partial charge on any atom is -0.312 e. The fourth-order valence-electron chi connectivity index (χ4n) is 3.22. The molecule has 0 heterocycles. The van der Waals surface area contributed by atoms with E-state index in [2.05, 4.69) is 36.7 Å². The van der Waals surface area contributed by atoms with E-state index < -0.39 is 0 Å². The van der Waals surface area contributed by atoms with Crippen molar-refractivity contribution in [3.8, 4) is 0 Å². The van der Waals surface area contributed by atoms with Gasteiger partial charge in [0.15, 0.2) is 0 Å². The predicted molar refractivity (Wildman–Crippen MR) is 74.9 cm³/mol. The quantitative estimate of drug-likeness (QED) is 0.459. The minimum absolute atomic E-state index is 0.136. The Hall–Kier alpha value is 0.0969. The van der Waals surface area contributed by atoms with Gasteiger partial charge in [-0.1, -0.05) is 33.6 Å². The third kappa shape index (κ3) is 2.67. The monoisotopic (exact) mass is 243 g/mol. The second-order valence-corrected chi connectivity index (χ2v) is 6.74. The molecule has 0 aromatic carbocycles. The van der Waals surface area contributed by atoms with Crippen LogP contribution in [0.5, 0.6) is 0 Å². The highest BCUT2D eigenvalue weighted by Gasteiger charge is 2.47. The molecule has 4 heteroatoms. The molecule has 1 aliphatic carbocycles. The lowest BCUT2D eigenvalue weighted by molar-refractivity contribution is 0.104.